The van der Waals surface area contributed by atoms with Gasteiger partial charge in [-0.25, -0.2) is 0 Å². The van der Waals surface area contributed by atoms with Crippen LogP contribution in [-0.2, 0) is 15.0 Å². The van der Waals surface area contributed by atoms with E-state index in [-0.39, 0.29) is 11.9 Å². The van der Waals surface area contributed by atoms with Gasteiger partial charge in [-0.1, -0.05) is 6.42 Å². The van der Waals surface area contributed by atoms with E-state index in [0.29, 0.717) is 32.6 Å². The van der Waals surface area contributed by atoms with Crippen molar-refractivity contribution in [3.63, 3.8) is 0 Å². The summed E-state index contributed by atoms with van der Waals surface area (Å²) in [7, 11) is -3.28. The normalized spacial score (nSPS) is 27.4. The van der Waals surface area contributed by atoms with Crippen LogP contribution in [0.15, 0.2) is 0 Å². The molecule has 3 saturated heterocycles. The molecule has 3 heterocycles. The van der Waals surface area contributed by atoms with Crippen molar-refractivity contribution in [2.75, 3.05) is 32.7 Å². The van der Waals surface area contributed by atoms with Crippen LogP contribution >= 0.6 is 0 Å². The van der Waals surface area contributed by atoms with Crippen LogP contribution in [0.3, 0.4) is 0 Å². The van der Waals surface area contributed by atoms with E-state index in [4.69, 9.17) is 0 Å². The minimum atomic E-state index is -3.28. The van der Waals surface area contributed by atoms with Crippen molar-refractivity contribution in [2.24, 2.45) is 0 Å². The molecule has 0 aromatic heterocycles. The molecule has 6 nitrogen and oxygen atoms in total. The van der Waals surface area contributed by atoms with Crippen molar-refractivity contribution in [3.05, 3.63) is 0 Å². The van der Waals surface area contributed by atoms with Crippen LogP contribution in [0.2, 0.25) is 0 Å². The first kappa shape index (κ1) is 15.2. The number of likely N-dealkylation sites (tertiary alicyclic amines) is 1. The predicted octanol–water partition coefficient (Wildman–Crippen LogP) is 0.804. The summed E-state index contributed by atoms with van der Waals surface area (Å²) in [5.41, 5.74) is 0. The van der Waals surface area contributed by atoms with Crippen LogP contribution in [0.5, 0.6) is 0 Å². The first-order valence-electron chi connectivity index (χ1n) is 8.14. The lowest BCUT2D eigenvalue weighted by Crippen LogP contribution is -2.52. The Labute approximate surface area is 127 Å². The van der Waals surface area contributed by atoms with Crippen molar-refractivity contribution < 1.29 is 13.2 Å². The summed E-state index contributed by atoms with van der Waals surface area (Å²) in [6.45, 7) is 3.27. The Hall–Kier alpha value is -0.660. The maximum absolute atomic E-state index is 12.6. The van der Waals surface area contributed by atoms with Crippen molar-refractivity contribution in [1.29, 1.82) is 0 Å². The van der Waals surface area contributed by atoms with Crippen molar-refractivity contribution in [2.45, 2.75) is 51.0 Å². The predicted molar refractivity (Wildman–Crippen MR) is 79.9 cm³/mol. The van der Waals surface area contributed by atoms with Crippen molar-refractivity contribution in [1.82, 2.24) is 13.5 Å². The molecule has 0 aliphatic carbocycles. The third kappa shape index (κ3) is 3.10. The third-order valence-electron chi connectivity index (χ3n) is 4.94. The molecule has 3 aliphatic heterocycles. The molecular weight excluding hydrogens is 290 g/mol. The lowest BCUT2D eigenvalue weighted by molar-refractivity contribution is -0.130. The maximum atomic E-state index is 12.6. The highest BCUT2D eigenvalue weighted by Crippen LogP contribution is 2.25. The van der Waals surface area contributed by atoms with Gasteiger partial charge in [0.25, 0.3) is 10.2 Å². The fraction of sp³-hybridized carbons (Fsp3) is 0.929. The average Bonchev–Trinajstić information content (AvgIpc) is 2.94. The van der Waals surface area contributed by atoms with Crippen LogP contribution in [0.1, 0.15) is 44.9 Å². The van der Waals surface area contributed by atoms with Gasteiger partial charge in [0.05, 0.1) is 0 Å². The Morgan fingerprint density at radius 1 is 0.810 bits per heavy atom. The van der Waals surface area contributed by atoms with E-state index in [9.17, 15) is 13.2 Å². The average molecular weight is 315 g/mol. The number of nitrogens with zero attached hydrogens (tertiary/aromatic N) is 3. The highest BCUT2D eigenvalue weighted by atomic mass is 32.2. The minimum absolute atomic E-state index is 0.243. The second-order valence-corrected chi connectivity index (χ2v) is 8.22. The zero-order valence-electron chi connectivity index (χ0n) is 12.5. The van der Waals surface area contributed by atoms with Crippen molar-refractivity contribution >= 4 is 16.1 Å². The van der Waals surface area contributed by atoms with Gasteiger partial charge < -0.3 is 4.90 Å². The molecule has 120 valence electrons. The van der Waals surface area contributed by atoms with Gasteiger partial charge in [-0.05, 0) is 32.1 Å². The van der Waals surface area contributed by atoms with Gasteiger partial charge in [0.15, 0.2) is 0 Å². The summed E-state index contributed by atoms with van der Waals surface area (Å²) in [6, 6.07) is 0.243. The van der Waals surface area contributed by atoms with Crippen LogP contribution in [0.25, 0.3) is 0 Å². The van der Waals surface area contributed by atoms with Crippen molar-refractivity contribution in [3.8, 4) is 0 Å². The summed E-state index contributed by atoms with van der Waals surface area (Å²) in [5, 5.41) is 0. The quantitative estimate of drug-likeness (QED) is 0.774. The molecule has 0 atom stereocenters. The van der Waals surface area contributed by atoms with Crippen LogP contribution in [-0.4, -0.2) is 66.6 Å². The van der Waals surface area contributed by atoms with Crippen LogP contribution in [0, 0.1) is 0 Å². The molecule has 3 rings (SSSR count). The molecule has 0 aromatic rings. The Kier molecular flexibility index (Phi) is 4.51. The smallest absolute Gasteiger partial charge is 0.281 e. The number of carbonyl (C=O) groups is 1. The fourth-order valence-electron chi connectivity index (χ4n) is 3.70. The highest BCUT2D eigenvalue weighted by molar-refractivity contribution is 7.86. The van der Waals surface area contributed by atoms with Gasteiger partial charge in [-0.15, -0.1) is 0 Å². The number of carbonyl (C=O) groups excluding carboxylic acids is 1. The molecule has 0 bridgehead atoms. The molecule has 0 saturated carbocycles. The van der Waals surface area contributed by atoms with Gasteiger partial charge >= 0.3 is 0 Å². The summed E-state index contributed by atoms with van der Waals surface area (Å²) < 4.78 is 28.5. The largest absolute Gasteiger partial charge is 0.340 e. The van der Waals surface area contributed by atoms with Gasteiger partial charge in [0.1, 0.15) is 0 Å². The molecule has 7 heteroatoms. The molecule has 3 fully saturated rings. The zero-order chi connectivity index (χ0) is 14.9. The summed E-state index contributed by atoms with van der Waals surface area (Å²) in [4.78, 5) is 13.7. The van der Waals surface area contributed by atoms with Gasteiger partial charge in [-0.3, -0.25) is 4.79 Å². The SMILES string of the molecule is O=C1CCCN1C1CCN(S(=O)(=O)N2CCCCC2)CC1. The Bertz CT molecular complexity index is 480. The van der Waals surface area contributed by atoms with Gasteiger partial charge in [-0.2, -0.15) is 17.0 Å². The second kappa shape index (κ2) is 6.22. The lowest BCUT2D eigenvalue weighted by Gasteiger charge is -2.38. The number of rotatable bonds is 3. The molecule has 0 aromatic carbocycles. The Morgan fingerprint density at radius 3 is 2.00 bits per heavy atom. The summed E-state index contributed by atoms with van der Waals surface area (Å²) in [5.74, 6) is 0.243. The van der Waals surface area contributed by atoms with E-state index in [0.717, 1.165) is 45.1 Å². The monoisotopic (exact) mass is 315 g/mol. The first-order chi connectivity index (χ1) is 10.1. The molecular formula is C14H25N3O3S. The van der Waals surface area contributed by atoms with Gasteiger partial charge in [0.2, 0.25) is 5.91 Å². The zero-order valence-corrected chi connectivity index (χ0v) is 13.4. The highest BCUT2D eigenvalue weighted by Gasteiger charge is 2.36. The first-order valence-corrected chi connectivity index (χ1v) is 9.53. The van der Waals surface area contributed by atoms with Crippen LogP contribution in [0.4, 0.5) is 0 Å². The number of hydrogen-bond acceptors (Lipinski definition) is 3. The third-order valence-corrected chi connectivity index (χ3v) is 6.98. The van der Waals surface area contributed by atoms with Gasteiger partial charge in [0, 0.05) is 45.2 Å². The van der Waals surface area contributed by atoms with E-state index in [2.05, 4.69) is 0 Å². The summed E-state index contributed by atoms with van der Waals surface area (Å²) >= 11 is 0. The number of amides is 1. The molecule has 0 unspecified atom stereocenters. The maximum Gasteiger partial charge on any atom is 0.281 e. The molecule has 0 spiro atoms. The second-order valence-electron chi connectivity index (χ2n) is 6.29. The molecule has 0 N–H and O–H groups in total. The Morgan fingerprint density at radius 2 is 1.43 bits per heavy atom. The molecule has 3 aliphatic rings. The van der Waals surface area contributed by atoms with E-state index in [1.165, 1.54) is 0 Å². The van der Waals surface area contributed by atoms with E-state index >= 15 is 0 Å². The molecule has 1 amide bonds. The number of piperidine rings is 2. The lowest BCUT2D eigenvalue weighted by atomic mass is 10.1. The van der Waals surface area contributed by atoms with E-state index in [1.807, 2.05) is 4.90 Å². The standard InChI is InChI=1S/C14H25N3O3S/c18-14-5-4-10-17(14)13-6-11-16(12-7-13)21(19,20)15-8-2-1-3-9-15/h13H,1-12H2. The number of hydrogen-bond donors (Lipinski definition) is 0. The molecule has 21 heavy (non-hydrogen) atoms. The fourth-order valence-corrected chi connectivity index (χ4v) is 5.42. The summed E-state index contributed by atoms with van der Waals surface area (Å²) in [6.07, 6.45) is 6.23. The topological polar surface area (TPSA) is 60.9 Å². The van der Waals surface area contributed by atoms with E-state index in [1.54, 1.807) is 8.61 Å². The van der Waals surface area contributed by atoms with Crippen LogP contribution < -0.4 is 0 Å². The minimum Gasteiger partial charge on any atom is -0.340 e. The molecule has 0 radical (unpaired) electrons. The van der Waals surface area contributed by atoms with E-state index < -0.39 is 10.2 Å². The Balaban J connectivity index is 1.58.